The van der Waals surface area contributed by atoms with Crippen molar-refractivity contribution in [2.45, 2.75) is 69.9 Å². The van der Waals surface area contributed by atoms with Crippen molar-refractivity contribution >= 4 is 44.5 Å². The van der Waals surface area contributed by atoms with Crippen LogP contribution in [0.1, 0.15) is 51.7 Å². The molecule has 0 unspecified atom stereocenters. The predicted molar refractivity (Wildman–Crippen MR) is 153 cm³/mol. The maximum Gasteiger partial charge on any atom is 0.408 e. The van der Waals surface area contributed by atoms with E-state index in [0.717, 1.165) is 16.8 Å². The zero-order valence-corrected chi connectivity index (χ0v) is 24.0. The first-order valence-corrected chi connectivity index (χ1v) is 15.4. The number of carbonyl (C=O) groups excluding carboxylic acids is 2. The molecule has 10 heteroatoms. The average Bonchev–Trinajstić information content (AvgIpc) is 3.28. The van der Waals surface area contributed by atoms with Crippen LogP contribution < -0.4 is 10.2 Å². The van der Waals surface area contributed by atoms with Crippen molar-refractivity contribution in [3.8, 4) is 0 Å². The molecule has 2 saturated heterocycles. The number of fused-ring (bicyclic) bond motifs is 1. The summed E-state index contributed by atoms with van der Waals surface area (Å²) in [7, 11) is -3.20. The zero-order valence-electron chi connectivity index (χ0n) is 22.4. The Morgan fingerprint density at radius 2 is 1.74 bits per heavy atom. The van der Waals surface area contributed by atoms with Gasteiger partial charge >= 0.3 is 6.09 Å². The number of rotatable bonds is 6. The van der Waals surface area contributed by atoms with Gasteiger partial charge in [0.25, 0.3) is 5.91 Å². The first-order chi connectivity index (χ1) is 17.8. The van der Waals surface area contributed by atoms with Crippen LogP contribution in [0, 0.1) is 0 Å². The molecule has 2 aliphatic rings. The Morgan fingerprint density at radius 1 is 1.08 bits per heavy atom. The van der Waals surface area contributed by atoms with E-state index in [1.807, 2.05) is 59.5 Å². The Labute approximate surface area is 229 Å². The molecule has 0 bridgehead atoms. The molecule has 1 N–H and O–H groups in total. The number of carbonyl (C=O) groups is 2. The van der Waals surface area contributed by atoms with Crippen LogP contribution in [-0.2, 0) is 25.8 Å². The smallest absolute Gasteiger partial charge is 0.408 e. The lowest BCUT2D eigenvalue weighted by Crippen LogP contribution is -2.45. The number of para-hydroxylation sites is 1. The number of sulfone groups is 1. The molecule has 204 valence electrons. The van der Waals surface area contributed by atoms with E-state index in [9.17, 15) is 18.0 Å². The van der Waals surface area contributed by atoms with Crippen LogP contribution in [-0.4, -0.2) is 60.0 Å². The number of hydrogen-bond donors (Lipinski definition) is 1. The van der Waals surface area contributed by atoms with Crippen molar-refractivity contribution in [2.24, 2.45) is 4.99 Å². The number of benzene rings is 2. The van der Waals surface area contributed by atoms with Crippen molar-refractivity contribution in [1.82, 2.24) is 5.32 Å². The topological polar surface area (TPSA) is 105 Å². The van der Waals surface area contributed by atoms with Crippen molar-refractivity contribution in [3.05, 3.63) is 65.7 Å². The lowest BCUT2D eigenvalue weighted by atomic mass is 9.99. The highest BCUT2D eigenvalue weighted by Crippen LogP contribution is 2.43. The van der Waals surface area contributed by atoms with E-state index >= 15 is 0 Å². The summed E-state index contributed by atoms with van der Waals surface area (Å²) < 4.78 is 30.4. The van der Waals surface area contributed by atoms with Crippen LogP contribution >= 0.6 is 11.8 Å². The fourth-order valence-corrected chi connectivity index (χ4v) is 8.63. The second kappa shape index (κ2) is 11.1. The van der Waals surface area contributed by atoms with E-state index in [-0.39, 0.29) is 35.1 Å². The monoisotopic (exact) mass is 557 g/mol. The molecule has 3 atom stereocenters. The number of aliphatic imine (C=N–C) groups is 1. The van der Waals surface area contributed by atoms with Crippen molar-refractivity contribution in [1.29, 1.82) is 0 Å². The van der Waals surface area contributed by atoms with E-state index in [0.29, 0.717) is 5.17 Å². The van der Waals surface area contributed by atoms with E-state index in [4.69, 9.17) is 4.74 Å². The highest BCUT2D eigenvalue weighted by Gasteiger charge is 2.50. The maximum absolute atomic E-state index is 13.6. The Bertz CT molecular complexity index is 1320. The van der Waals surface area contributed by atoms with Crippen molar-refractivity contribution in [3.63, 3.8) is 0 Å². The number of thioether (sulfide) groups is 1. The summed E-state index contributed by atoms with van der Waals surface area (Å²) in [5.41, 5.74) is 2.04. The lowest BCUT2D eigenvalue weighted by molar-refractivity contribution is -0.119. The van der Waals surface area contributed by atoms with Crippen LogP contribution in [0.15, 0.2) is 59.6 Å². The molecule has 2 fully saturated rings. The summed E-state index contributed by atoms with van der Waals surface area (Å²) in [5, 5.41) is 2.93. The summed E-state index contributed by atoms with van der Waals surface area (Å²) in [4.78, 5) is 32.7. The van der Waals surface area contributed by atoms with Crippen molar-refractivity contribution in [2.75, 3.05) is 16.4 Å². The molecule has 0 radical (unpaired) electrons. The van der Waals surface area contributed by atoms with Crippen LogP contribution in [0.5, 0.6) is 0 Å². The molecule has 38 heavy (non-hydrogen) atoms. The lowest BCUT2D eigenvalue weighted by Gasteiger charge is -2.28. The van der Waals surface area contributed by atoms with E-state index in [2.05, 4.69) is 24.2 Å². The number of hydrogen-bond acceptors (Lipinski definition) is 6. The number of amides is 2. The number of alkyl carbamates (subject to hydrolysis) is 1. The molecular weight excluding hydrogens is 522 g/mol. The molecule has 0 spiro atoms. The first kappa shape index (κ1) is 28.2. The number of nitrogens with one attached hydrogen (secondary N) is 1. The summed E-state index contributed by atoms with van der Waals surface area (Å²) in [6.45, 7) is 9.42. The summed E-state index contributed by atoms with van der Waals surface area (Å²) in [6, 6.07) is 15.9. The molecule has 2 aromatic carbocycles. The second-order valence-electron chi connectivity index (χ2n) is 11.0. The number of ether oxygens (including phenoxy) is 1. The van der Waals surface area contributed by atoms with Gasteiger partial charge in [-0.15, -0.1) is 0 Å². The molecule has 8 nitrogen and oxygen atoms in total. The molecule has 4 rings (SSSR count). The third kappa shape index (κ3) is 6.77. The van der Waals surface area contributed by atoms with Gasteiger partial charge < -0.3 is 15.0 Å². The summed E-state index contributed by atoms with van der Waals surface area (Å²) in [5.74, 6) is -0.283. The zero-order chi connectivity index (χ0) is 27.7. The van der Waals surface area contributed by atoms with Gasteiger partial charge in [-0.05, 0) is 43.9 Å². The predicted octanol–water partition coefficient (Wildman–Crippen LogP) is 4.55. The number of anilines is 1. The maximum atomic E-state index is 13.6. The van der Waals surface area contributed by atoms with E-state index in [1.54, 1.807) is 20.8 Å². The molecule has 2 aromatic rings. The van der Waals surface area contributed by atoms with Crippen molar-refractivity contribution < 1.29 is 22.7 Å². The molecule has 0 aliphatic carbocycles. The first-order valence-electron chi connectivity index (χ1n) is 12.7. The Hall–Kier alpha value is -2.85. The standard InChI is InChI=1S/C28H35N3O5S2/c1-18(2)20-13-9-10-14-22(20)31-23-16-38(34,35)17-24(23)37-26(31)30-25(32)21(15-19-11-7-6-8-12-19)29-27(33)36-28(3,4)5/h6-14,18,21,23-24H,15-17H2,1-5H3,(H,29,33)/t21-,23-,24+/m1/s1. The van der Waals surface area contributed by atoms with Crippen LogP contribution in [0.25, 0.3) is 0 Å². The van der Waals surface area contributed by atoms with Gasteiger partial charge in [-0.1, -0.05) is 74.1 Å². The highest BCUT2D eigenvalue weighted by atomic mass is 32.2. The van der Waals surface area contributed by atoms with Gasteiger partial charge in [0, 0.05) is 17.4 Å². The Balaban J connectivity index is 1.69. The highest BCUT2D eigenvalue weighted by molar-refractivity contribution is 8.16. The summed E-state index contributed by atoms with van der Waals surface area (Å²) >= 11 is 1.32. The number of nitrogens with zero attached hydrogens (tertiary/aromatic N) is 2. The van der Waals surface area contributed by atoms with Gasteiger partial charge in [-0.25, -0.2) is 13.2 Å². The minimum absolute atomic E-state index is 0.00785. The molecule has 0 saturated carbocycles. The van der Waals surface area contributed by atoms with Gasteiger partial charge in [0.05, 0.1) is 17.5 Å². The van der Waals surface area contributed by atoms with Gasteiger partial charge in [0.2, 0.25) is 0 Å². The number of amidine groups is 1. The SMILES string of the molecule is CC(C)c1ccccc1N1C(=NC(=O)[C@@H](Cc2ccccc2)NC(=O)OC(C)(C)C)S[C@H]2CS(=O)(=O)C[C@H]21. The van der Waals surface area contributed by atoms with Gasteiger partial charge in [-0.3, -0.25) is 4.79 Å². The minimum Gasteiger partial charge on any atom is -0.444 e. The summed E-state index contributed by atoms with van der Waals surface area (Å²) in [6.07, 6.45) is -0.458. The largest absolute Gasteiger partial charge is 0.444 e. The molecule has 0 aromatic heterocycles. The third-order valence-electron chi connectivity index (χ3n) is 6.36. The molecule has 2 amide bonds. The molecule has 2 aliphatic heterocycles. The Morgan fingerprint density at radius 3 is 2.39 bits per heavy atom. The van der Waals surface area contributed by atoms with Crippen LogP contribution in [0.2, 0.25) is 0 Å². The van der Waals surface area contributed by atoms with Gasteiger partial charge in [0.1, 0.15) is 11.6 Å². The van der Waals surface area contributed by atoms with E-state index < -0.39 is 33.5 Å². The average molecular weight is 558 g/mol. The van der Waals surface area contributed by atoms with Crippen LogP contribution in [0.3, 0.4) is 0 Å². The quantitative estimate of drug-likeness (QED) is 0.556. The normalized spacial score (nSPS) is 22.4. The third-order valence-corrected chi connectivity index (χ3v) is 9.57. The molecule has 2 heterocycles. The van der Waals surface area contributed by atoms with Gasteiger partial charge in [0.15, 0.2) is 15.0 Å². The fraction of sp³-hybridized carbons (Fsp3) is 0.464. The van der Waals surface area contributed by atoms with E-state index in [1.165, 1.54) is 11.8 Å². The minimum atomic E-state index is -3.20. The second-order valence-corrected chi connectivity index (χ2v) is 14.4. The fourth-order valence-electron chi connectivity index (χ4n) is 4.71. The van der Waals surface area contributed by atoms with Crippen LogP contribution in [0.4, 0.5) is 10.5 Å². The Kier molecular flexibility index (Phi) is 8.23. The molecular formula is C28H35N3O5S2. The van der Waals surface area contributed by atoms with Gasteiger partial charge in [-0.2, -0.15) is 4.99 Å².